The molecule has 0 aliphatic carbocycles. The summed E-state index contributed by atoms with van der Waals surface area (Å²) in [6, 6.07) is 5.51. The minimum absolute atomic E-state index is 0.109. The van der Waals surface area contributed by atoms with Crippen molar-refractivity contribution in [1.82, 2.24) is 4.90 Å². The van der Waals surface area contributed by atoms with E-state index in [-0.39, 0.29) is 5.91 Å². The van der Waals surface area contributed by atoms with Crippen LogP contribution in [0.15, 0.2) is 24.8 Å². The Morgan fingerprint density at radius 3 is 2.68 bits per heavy atom. The fourth-order valence-corrected chi connectivity index (χ4v) is 2.42. The fraction of sp³-hybridized carbons (Fsp3) is 0.438. The Bertz CT molecular complexity index is 474. The summed E-state index contributed by atoms with van der Waals surface area (Å²) in [5, 5.41) is 0. The Labute approximate surface area is 114 Å². The maximum Gasteiger partial charge on any atom is 0.253 e. The van der Waals surface area contributed by atoms with Crippen molar-refractivity contribution in [1.29, 1.82) is 0 Å². The topological polar surface area (TPSA) is 29.5 Å². The lowest BCUT2D eigenvalue weighted by atomic mass is 9.98. The molecule has 1 saturated heterocycles. The lowest BCUT2D eigenvalue weighted by Crippen LogP contribution is -2.37. The number of rotatable bonds is 3. The molecular weight excluding hydrogens is 238 g/mol. The molecule has 1 aliphatic rings. The van der Waals surface area contributed by atoms with Crippen molar-refractivity contribution in [3.63, 3.8) is 0 Å². The number of amides is 1. The third-order valence-electron chi connectivity index (χ3n) is 3.77. The number of ether oxygens (including phenoxy) is 1. The molecule has 0 atom stereocenters. The summed E-state index contributed by atoms with van der Waals surface area (Å²) in [7, 11) is 1.62. The van der Waals surface area contributed by atoms with Gasteiger partial charge in [-0.1, -0.05) is 19.6 Å². The van der Waals surface area contributed by atoms with E-state index in [9.17, 15) is 4.79 Å². The number of nitrogens with zero attached hydrogens (tertiary/aromatic N) is 1. The Hall–Kier alpha value is -1.77. The van der Waals surface area contributed by atoms with Crippen LogP contribution in [0.4, 0.5) is 0 Å². The van der Waals surface area contributed by atoms with Crippen LogP contribution in [0, 0.1) is 5.92 Å². The molecule has 102 valence electrons. The Kier molecular flexibility index (Phi) is 4.25. The summed E-state index contributed by atoms with van der Waals surface area (Å²) in [6.07, 6.45) is 3.90. The quantitative estimate of drug-likeness (QED) is 0.834. The van der Waals surface area contributed by atoms with Crippen molar-refractivity contribution in [2.75, 3.05) is 20.2 Å². The molecule has 1 aromatic carbocycles. The molecule has 0 N–H and O–H groups in total. The minimum atomic E-state index is 0.109. The number of carbonyl (C=O) groups is 1. The van der Waals surface area contributed by atoms with Gasteiger partial charge in [0, 0.05) is 24.2 Å². The number of hydrogen-bond donors (Lipinski definition) is 0. The number of methoxy groups -OCH3 is 1. The molecule has 1 aliphatic heterocycles. The van der Waals surface area contributed by atoms with Gasteiger partial charge in [-0.05, 0) is 37.0 Å². The normalized spacial score (nSPS) is 16.2. The molecule has 1 heterocycles. The van der Waals surface area contributed by atoms with E-state index < -0.39 is 0 Å². The van der Waals surface area contributed by atoms with Crippen molar-refractivity contribution in [2.24, 2.45) is 5.92 Å². The van der Waals surface area contributed by atoms with Gasteiger partial charge >= 0.3 is 0 Å². The fourth-order valence-electron chi connectivity index (χ4n) is 2.42. The van der Waals surface area contributed by atoms with E-state index in [1.165, 1.54) is 0 Å². The SMILES string of the molecule is C=Cc1cc(C(=O)N2CCC(C)CC2)ccc1OC. The zero-order chi connectivity index (χ0) is 13.8. The molecule has 0 bridgehead atoms. The first kappa shape index (κ1) is 13.7. The van der Waals surface area contributed by atoms with Crippen LogP contribution in [0.2, 0.25) is 0 Å². The smallest absolute Gasteiger partial charge is 0.253 e. The lowest BCUT2D eigenvalue weighted by Gasteiger charge is -2.30. The number of likely N-dealkylation sites (tertiary alicyclic amines) is 1. The highest BCUT2D eigenvalue weighted by Gasteiger charge is 2.21. The second-order valence-corrected chi connectivity index (χ2v) is 5.14. The highest BCUT2D eigenvalue weighted by molar-refractivity contribution is 5.95. The van der Waals surface area contributed by atoms with Gasteiger partial charge in [0.05, 0.1) is 7.11 Å². The third kappa shape index (κ3) is 2.98. The van der Waals surface area contributed by atoms with Gasteiger partial charge in [0.15, 0.2) is 0 Å². The van der Waals surface area contributed by atoms with Crippen molar-refractivity contribution in [3.8, 4) is 5.75 Å². The predicted octanol–water partition coefficient (Wildman–Crippen LogP) is 3.21. The summed E-state index contributed by atoms with van der Waals surface area (Å²) in [6.45, 7) is 7.71. The molecule has 3 heteroatoms. The van der Waals surface area contributed by atoms with Gasteiger partial charge in [-0.25, -0.2) is 0 Å². The average molecular weight is 259 g/mol. The highest BCUT2D eigenvalue weighted by Crippen LogP contribution is 2.23. The van der Waals surface area contributed by atoms with Crippen LogP contribution in [0.1, 0.15) is 35.7 Å². The predicted molar refractivity (Wildman–Crippen MR) is 77.4 cm³/mol. The second kappa shape index (κ2) is 5.91. The molecule has 1 amide bonds. The third-order valence-corrected chi connectivity index (χ3v) is 3.77. The van der Waals surface area contributed by atoms with Crippen molar-refractivity contribution in [2.45, 2.75) is 19.8 Å². The van der Waals surface area contributed by atoms with Gasteiger partial charge in [-0.15, -0.1) is 0 Å². The van der Waals surface area contributed by atoms with Crippen LogP contribution in [-0.2, 0) is 0 Å². The van der Waals surface area contributed by atoms with E-state index in [0.29, 0.717) is 5.56 Å². The lowest BCUT2D eigenvalue weighted by molar-refractivity contribution is 0.0697. The van der Waals surface area contributed by atoms with Crippen LogP contribution in [0.25, 0.3) is 6.08 Å². The van der Waals surface area contributed by atoms with Gasteiger partial charge < -0.3 is 9.64 Å². The van der Waals surface area contributed by atoms with Gasteiger partial charge in [0.25, 0.3) is 5.91 Å². The number of piperidine rings is 1. The van der Waals surface area contributed by atoms with Gasteiger partial charge in [-0.3, -0.25) is 4.79 Å². The molecular formula is C16H21NO2. The molecule has 2 rings (SSSR count). The van der Waals surface area contributed by atoms with E-state index in [1.54, 1.807) is 13.2 Å². The van der Waals surface area contributed by atoms with Crippen LogP contribution in [0.5, 0.6) is 5.75 Å². The molecule has 19 heavy (non-hydrogen) atoms. The van der Waals surface area contributed by atoms with Crippen LogP contribution in [0.3, 0.4) is 0 Å². The van der Waals surface area contributed by atoms with Gasteiger partial charge in [-0.2, -0.15) is 0 Å². The highest BCUT2D eigenvalue weighted by atomic mass is 16.5. The number of hydrogen-bond acceptors (Lipinski definition) is 2. The Morgan fingerprint density at radius 2 is 2.11 bits per heavy atom. The van der Waals surface area contributed by atoms with Gasteiger partial charge in [0.2, 0.25) is 0 Å². The Morgan fingerprint density at radius 1 is 1.42 bits per heavy atom. The first-order valence-electron chi connectivity index (χ1n) is 6.75. The summed E-state index contributed by atoms with van der Waals surface area (Å²) >= 11 is 0. The van der Waals surface area contributed by atoms with E-state index in [1.807, 2.05) is 23.1 Å². The number of carbonyl (C=O) groups excluding carboxylic acids is 1. The first-order chi connectivity index (χ1) is 9.15. The monoisotopic (exact) mass is 259 g/mol. The zero-order valence-electron chi connectivity index (χ0n) is 11.7. The first-order valence-corrected chi connectivity index (χ1v) is 6.75. The molecule has 0 unspecified atom stereocenters. The van der Waals surface area contributed by atoms with Crippen LogP contribution < -0.4 is 4.74 Å². The molecule has 1 aromatic rings. The molecule has 0 aromatic heterocycles. The summed E-state index contributed by atoms with van der Waals surface area (Å²) in [5.41, 5.74) is 1.57. The van der Waals surface area contributed by atoms with Crippen molar-refractivity contribution in [3.05, 3.63) is 35.9 Å². The number of benzene rings is 1. The van der Waals surface area contributed by atoms with E-state index >= 15 is 0 Å². The maximum atomic E-state index is 12.4. The van der Waals surface area contributed by atoms with E-state index in [4.69, 9.17) is 4.74 Å². The molecule has 1 fully saturated rings. The maximum absolute atomic E-state index is 12.4. The van der Waals surface area contributed by atoms with Gasteiger partial charge in [0.1, 0.15) is 5.75 Å². The van der Waals surface area contributed by atoms with E-state index in [2.05, 4.69) is 13.5 Å². The molecule has 0 radical (unpaired) electrons. The zero-order valence-corrected chi connectivity index (χ0v) is 11.7. The van der Waals surface area contributed by atoms with E-state index in [0.717, 1.165) is 43.2 Å². The minimum Gasteiger partial charge on any atom is -0.496 e. The molecule has 0 spiro atoms. The van der Waals surface area contributed by atoms with Crippen molar-refractivity contribution >= 4 is 12.0 Å². The Balaban J connectivity index is 2.17. The summed E-state index contributed by atoms with van der Waals surface area (Å²) in [4.78, 5) is 14.4. The molecule has 3 nitrogen and oxygen atoms in total. The second-order valence-electron chi connectivity index (χ2n) is 5.14. The largest absolute Gasteiger partial charge is 0.496 e. The van der Waals surface area contributed by atoms with Crippen LogP contribution in [-0.4, -0.2) is 31.0 Å². The average Bonchev–Trinajstić information content (AvgIpc) is 2.46. The summed E-state index contributed by atoms with van der Waals surface area (Å²) in [5.74, 6) is 1.58. The standard InChI is InChI=1S/C16H21NO2/c1-4-13-11-14(5-6-15(13)19-3)16(18)17-9-7-12(2)8-10-17/h4-6,11-12H,1,7-10H2,2-3H3. The summed E-state index contributed by atoms with van der Waals surface area (Å²) < 4.78 is 5.23. The van der Waals surface area contributed by atoms with Crippen molar-refractivity contribution < 1.29 is 9.53 Å². The molecule has 0 saturated carbocycles. The van der Waals surface area contributed by atoms with Crippen LogP contribution >= 0.6 is 0 Å².